The topological polar surface area (TPSA) is 38.3 Å². The Balaban J connectivity index is 2.27. The Kier molecular flexibility index (Phi) is 4.86. The highest BCUT2D eigenvalue weighted by Crippen LogP contribution is 2.31. The second kappa shape index (κ2) is 6.64. The van der Waals surface area contributed by atoms with Crippen LogP contribution in [0.5, 0.6) is 5.75 Å². The van der Waals surface area contributed by atoms with Gasteiger partial charge in [-0.05, 0) is 55.8 Å². The largest absolute Gasteiger partial charge is 0.496 e. The molecule has 2 aromatic rings. The maximum atomic E-state index is 10.8. The fourth-order valence-corrected chi connectivity index (χ4v) is 2.46. The van der Waals surface area contributed by atoms with Crippen LogP contribution in [0.4, 0.5) is 5.69 Å². The van der Waals surface area contributed by atoms with E-state index < -0.39 is 0 Å². The first kappa shape index (κ1) is 15.4. The molecule has 2 rings (SSSR count). The molecular weight excluding hydrogens is 286 g/mol. The summed E-state index contributed by atoms with van der Waals surface area (Å²) in [6, 6.07) is 11.2. The van der Waals surface area contributed by atoms with Gasteiger partial charge >= 0.3 is 0 Å². The van der Waals surface area contributed by atoms with Crippen LogP contribution < -0.4 is 10.1 Å². The van der Waals surface area contributed by atoms with Gasteiger partial charge in [0.25, 0.3) is 0 Å². The summed E-state index contributed by atoms with van der Waals surface area (Å²) in [7, 11) is 1.64. The molecule has 0 unspecified atom stereocenters. The number of benzene rings is 2. The fourth-order valence-electron chi connectivity index (χ4n) is 2.28. The van der Waals surface area contributed by atoms with Gasteiger partial charge in [0.15, 0.2) is 0 Å². The lowest BCUT2D eigenvalue weighted by atomic mass is 10.1. The molecule has 0 saturated heterocycles. The first-order chi connectivity index (χ1) is 10.0. The molecule has 0 aliphatic carbocycles. The van der Waals surface area contributed by atoms with Crippen molar-refractivity contribution >= 4 is 23.6 Å². The highest BCUT2D eigenvalue weighted by molar-refractivity contribution is 6.30. The van der Waals surface area contributed by atoms with Crippen molar-refractivity contribution in [2.75, 3.05) is 12.4 Å². The zero-order valence-electron chi connectivity index (χ0n) is 12.3. The number of anilines is 1. The van der Waals surface area contributed by atoms with E-state index in [0.717, 1.165) is 28.8 Å². The van der Waals surface area contributed by atoms with Crippen molar-refractivity contribution in [3.05, 3.63) is 58.1 Å². The molecule has 0 spiro atoms. The van der Waals surface area contributed by atoms with Crippen LogP contribution in [0.1, 0.15) is 34.5 Å². The Morgan fingerprint density at radius 1 is 1.24 bits per heavy atom. The Bertz CT molecular complexity index is 655. The van der Waals surface area contributed by atoms with Gasteiger partial charge in [-0.25, -0.2) is 0 Å². The molecule has 21 heavy (non-hydrogen) atoms. The third kappa shape index (κ3) is 3.56. The van der Waals surface area contributed by atoms with Gasteiger partial charge in [0.1, 0.15) is 12.0 Å². The number of aldehydes is 1. The van der Waals surface area contributed by atoms with E-state index in [9.17, 15) is 4.79 Å². The molecule has 1 N–H and O–H groups in total. The molecule has 0 bridgehead atoms. The highest BCUT2D eigenvalue weighted by Gasteiger charge is 2.13. The normalized spacial score (nSPS) is 11.8. The van der Waals surface area contributed by atoms with E-state index in [2.05, 4.69) is 5.32 Å². The number of halogens is 1. The molecule has 2 aromatic carbocycles. The fraction of sp³-hybridized carbons (Fsp3) is 0.235. The van der Waals surface area contributed by atoms with Crippen molar-refractivity contribution < 1.29 is 9.53 Å². The van der Waals surface area contributed by atoms with Gasteiger partial charge in [-0.2, -0.15) is 0 Å². The monoisotopic (exact) mass is 303 g/mol. The van der Waals surface area contributed by atoms with Crippen molar-refractivity contribution in [1.82, 2.24) is 0 Å². The van der Waals surface area contributed by atoms with Crippen LogP contribution in [0.25, 0.3) is 0 Å². The predicted octanol–water partition coefficient (Wildman–Crippen LogP) is 4.64. The lowest BCUT2D eigenvalue weighted by Gasteiger charge is -2.20. The van der Waals surface area contributed by atoms with Crippen LogP contribution in [0.3, 0.4) is 0 Å². The van der Waals surface area contributed by atoms with Gasteiger partial charge in [0.05, 0.1) is 13.2 Å². The summed E-state index contributed by atoms with van der Waals surface area (Å²) in [5.41, 5.74) is 3.66. The second-order valence-corrected chi connectivity index (χ2v) is 5.38. The number of methoxy groups -OCH3 is 1. The number of rotatable bonds is 5. The summed E-state index contributed by atoms with van der Waals surface area (Å²) in [5, 5.41) is 4.10. The number of hydrogen-bond acceptors (Lipinski definition) is 3. The van der Waals surface area contributed by atoms with Crippen LogP contribution in [0.15, 0.2) is 36.4 Å². The SMILES string of the molecule is COc1ccc(Cl)cc1[C@H](C)Nc1ccc(C=O)cc1C. The third-order valence-electron chi connectivity index (χ3n) is 3.42. The van der Waals surface area contributed by atoms with E-state index in [0.29, 0.717) is 10.6 Å². The zero-order valence-corrected chi connectivity index (χ0v) is 13.1. The number of nitrogens with one attached hydrogen (secondary N) is 1. The second-order valence-electron chi connectivity index (χ2n) is 4.94. The Morgan fingerprint density at radius 3 is 2.62 bits per heavy atom. The average molecular weight is 304 g/mol. The summed E-state index contributed by atoms with van der Waals surface area (Å²) >= 11 is 6.07. The quantitative estimate of drug-likeness (QED) is 0.818. The van der Waals surface area contributed by atoms with Crippen molar-refractivity contribution in [2.45, 2.75) is 19.9 Å². The number of carbonyl (C=O) groups excluding carboxylic acids is 1. The summed E-state index contributed by atoms with van der Waals surface area (Å²) in [4.78, 5) is 10.8. The highest BCUT2D eigenvalue weighted by atomic mass is 35.5. The van der Waals surface area contributed by atoms with Gasteiger partial charge in [-0.15, -0.1) is 0 Å². The first-order valence-corrected chi connectivity index (χ1v) is 7.08. The predicted molar refractivity (Wildman–Crippen MR) is 86.6 cm³/mol. The van der Waals surface area contributed by atoms with Crippen LogP contribution in [0.2, 0.25) is 5.02 Å². The molecule has 0 aromatic heterocycles. The van der Waals surface area contributed by atoms with Gasteiger partial charge in [-0.1, -0.05) is 11.6 Å². The summed E-state index contributed by atoms with van der Waals surface area (Å²) in [5.74, 6) is 0.793. The standard InChI is InChI=1S/C17H18ClNO2/c1-11-8-13(10-20)4-6-16(11)19-12(2)15-9-14(18)5-7-17(15)21-3/h4-10,12,19H,1-3H3/t12-/m0/s1. The van der Waals surface area contributed by atoms with Gasteiger partial charge < -0.3 is 10.1 Å². The van der Waals surface area contributed by atoms with Gasteiger partial charge in [0.2, 0.25) is 0 Å². The Hall–Kier alpha value is -2.00. The maximum Gasteiger partial charge on any atom is 0.150 e. The number of ether oxygens (including phenoxy) is 1. The van der Waals surface area contributed by atoms with Crippen molar-refractivity contribution in [3.8, 4) is 5.75 Å². The lowest BCUT2D eigenvalue weighted by molar-refractivity contribution is 0.112. The van der Waals surface area contributed by atoms with Crippen LogP contribution in [-0.4, -0.2) is 13.4 Å². The van der Waals surface area contributed by atoms with Gasteiger partial charge in [0, 0.05) is 21.8 Å². The summed E-state index contributed by atoms with van der Waals surface area (Å²) in [6.45, 7) is 4.01. The number of aryl methyl sites for hydroxylation is 1. The number of carbonyl (C=O) groups is 1. The third-order valence-corrected chi connectivity index (χ3v) is 3.65. The van der Waals surface area contributed by atoms with E-state index >= 15 is 0 Å². The summed E-state index contributed by atoms with van der Waals surface area (Å²) < 4.78 is 5.38. The maximum absolute atomic E-state index is 10.8. The van der Waals surface area contributed by atoms with Gasteiger partial charge in [-0.3, -0.25) is 4.79 Å². The van der Waals surface area contributed by atoms with Crippen LogP contribution >= 0.6 is 11.6 Å². The van der Waals surface area contributed by atoms with Crippen molar-refractivity contribution in [1.29, 1.82) is 0 Å². The molecular formula is C17H18ClNO2. The molecule has 0 aliphatic rings. The minimum atomic E-state index is 0.0273. The minimum absolute atomic E-state index is 0.0273. The first-order valence-electron chi connectivity index (χ1n) is 6.71. The molecule has 1 atom stereocenters. The van der Waals surface area contributed by atoms with E-state index in [1.807, 2.05) is 38.1 Å². The number of hydrogen-bond donors (Lipinski definition) is 1. The van der Waals surface area contributed by atoms with Crippen molar-refractivity contribution in [3.63, 3.8) is 0 Å². The molecule has 0 radical (unpaired) electrons. The van der Waals surface area contributed by atoms with E-state index in [-0.39, 0.29) is 6.04 Å². The van der Waals surface area contributed by atoms with E-state index in [1.54, 1.807) is 19.2 Å². The van der Waals surface area contributed by atoms with Crippen molar-refractivity contribution in [2.24, 2.45) is 0 Å². The molecule has 0 fully saturated rings. The zero-order chi connectivity index (χ0) is 15.4. The summed E-state index contributed by atoms with van der Waals surface area (Å²) in [6.07, 6.45) is 0.847. The molecule has 3 nitrogen and oxygen atoms in total. The Morgan fingerprint density at radius 2 is 2.00 bits per heavy atom. The Labute approximate surface area is 129 Å². The molecule has 110 valence electrons. The lowest BCUT2D eigenvalue weighted by Crippen LogP contribution is -2.09. The van der Waals surface area contributed by atoms with E-state index in [1.165, 1.54) is 0 Å². The molecule has 0 aliphatic heterocycles. The van der Waals surface area contributed by atoms with Crippen LogP contribution in [-0.2, 0) is 0 Å². The molecule has 4 heteroatoms. The smallest absolute Gasteiger partial charge is 0.150 e. The van der Waals surface area contributed by atoms with E-state index in [4.69, 9.17) is 16.3 Å². The molecule has 0 saturated carbocycles. The molecule has 0 amide bonds. The van der Waals surface area contributed by atoms with Crippen LogP contribution in [0, 0.1) is 6.92 Å². The molecule has 0 heterocycles. The minimum Gasteiger partial charge on any atom is -0.496 e. The average Bonchev–Trinajstić information content (AvgIpc) is 2.49.